The standard InChI is InChI=1S/C18H17N7O3S/c1-12-21-14(10-19)17(27-12)25-8-6-24(7-9-25)15(26)11-29-18-23-22-16(28-18)13-2-4-20-5-3-13/h2-5H,6-9,11H2,1H3. The highest BCUT2D eigenvalue weighted by Gasteiger charge is 2.26. The number of aromatic nitrogens is 4. The van der Waals surface area contributed by atoms with Gasteiger partial charge in [-0.15, -0.1) is 10.2 Å². The summed E-state index contributed by atoms with van der Waals surface area (Å²) < 4.78 is 11.1. The minimum absolute atomic E-state index is 0.00688. The summed E-state index contributed by atoms with van der Waals surface area (Å²) in [5, 5.41) is 17.5. The molecule has 0 aromatic carbocycles. The van der Waals surface area contributed by atoms with Crippen LogP contribution in [0.25, 0.3) is 11.5 Å². The number of hydrogen-bond donors (Lipinski definition) is 0. The van der Waals surface area contributed by atoms with Gasteiger partial charge in [0.2, 0.25) is 23.4 Å². The van der Waals surface area contributed by atoms with Gasteiger partial charge in [-0.2, -0.15) is 5.26 Å². The molecule has 0 saturated carbocycles. The molecule has 0 atom stereocenters. The minimum Gasteiger partial charge on any atom is -0.424 e. The van der Waals surface area contributed by atoms with Gasteiger partial charge < -0.3 is 18.6 Å². The third-order valence-corrected chi connectivity index (χ3v) is 5.20. The van der Waals surface area contributed by atoms with Crippen LogP contribution in [0.1, 0.15) is 11.6 Å². The number of oxazole rings is 1. The van der Waals surface area contributed by atoms with Crippen molar-refractivity contribution in [1.82, 2.24) is 25.1 Å². The van der Waals surface area contributed by atoms with E-state index in [-0.39, 0.29) is 17.4 Å². The van der Waals surface area contributed by atoms with Crippen molar-refractivity contribution in [2.75, 3.05) is 36.8 Å². The van der Waals surface area contributed by atoms with Crippen LogP contribution in [0.3, 0.4) is 0 Å². The number of nitriles is 1. The van der Waals surface area contributed by atoms with Crippen molar-refractivity contribution in [3.8, 4) is 17.5 Å². The summed E-state index contributed by atoms with van der Waals surface area (Å²) in [6.45, 7) is 3.93. The molecule has 0 N–H and O–H groups in total. The van der Waals surface area contributed by atoms with Crippen molar-refractivity contribution in [3.05, 3.63) is 36.1 Å². The van der Waals surface area contributed by atoms with Crippen LogP contribution in [0.15, 0.2) is 38.6 Å². The van der Waals surface area contributed by atoms with Crippen molar-refractivity contribution in [3.63, 3.8) is 0 Å². The largest absolute Gasteiger partial charge is 0.424 e. The van der Waals surface area contributed by atoms with Gasteiger partial charge in [-0.25, -0.2) is 4.98 Å². The topological polar surface area (TPSA) is 125 Å². The Balaban J connectivity index is 1.29. The third kappa shape index (κ3) is 4.22. The number of aryl methyl sites for hydroxylation is 1. The number of rotatable bonds is 5. The van der Waals surface area contributed by atoms with E-state index in [0.717, 1.165) is 5.56 Å². The lowest BCUT2D eigenvalue weighted by atomic mass is 10.3. The van der Waals surface area contributed by atoms with Crippen molar-refractivity contribution in [2.24, 2.45) is 0 Å². The molecule has 148 valence electrons. The number of amides is 1. The maximum atomic E-state index is 12.5. The highest BCUT2D eigenvalue weighted by atomic mass is 32.2. The second-order valence-corrected chi connectivity index (χ2v) is 7.19. The predicted molar refractivity (Wildman–Crippen MR) is 103 cm³/mol. The Labute approximate surface area is 170 Å². The highest BCUT2D eigenvalue weighted by molar-refractivity contribution is 7.99. The molecule has 0 aliphatic carbocycles. The second kappa shape index (κ2) is 8.32. The lowest BCUT2D eigenvalue weighted by molar-refractivity contribution is -0.128. The van der Waals surface area contributed by atoms with Crippen LogP contribution in [0.4, 0.5) is 5.88 Å². The Morgan fingerprint density at radius 2 is 1.97 bits per heavy atom. The van der Waals surface area contributed by atoms with Crippen molar-refractivity contribution in [2.45, 2.75) is 12.1 Å². The molecule has 11 heteroatoms. The van der Waals surface area contributed by atoms with E-state index >= 15 is 0 Å². The molecule has 10 nitrogen and oxygen atoms in total. The van der Waals surface area contributed by atoms with Crippen LogP contribution >= 0.6 is 11.8 Å². The average Bonchev–Trinajstić information content (AvgIpc) is 3.39. The fraction of sp³-hybridized carbons (Fsp3) is 0.333. The quantitative estimate of drug-likeness (QED) is 0.573. The van der Waals surface area contributed by atoms with Crippen LogP contribution in [0, 0.1) is 18.3 Å². The van der Waals surface area contributed by atoms with Gasteiger partial charge >= 0.3 is 0 Å². The summed E-state index contributed by atoms with van der Waals surface area (Å²) >= 11 is 1.21. The highest BCUT2D eigenvalue weighted by Crippen LogP contribution is 2.24. The molecule has 3 aromatic heterocycles. The molecular weight excluding hydrogens is 394 g/mol. The lowest BCUT2D eigenvalue weighted by Crippen LogP contribution is -2.49. The number of carbonyl (C=O) groups is 1. The minimum atomic E-state index is -0.00688. The zero-order valence-electron chi connectivity index (χ0n) is 15.6. The molecule has 29 heavy (non-hydrogen) atoms. The van der Waals surface area contributed by atoms with Gasteiger partial charge in [-0.05, 0) is 12.1 Å². The first-order valence-corrected chi connectivity index (χ1v) is 9.89. The number of anilines is 1. The van der Waals surface area contributed by atoms with Gasteiger partial charge in [0.05, 0.1) is 5.75 Å². The molecule has 1 aliphatic heterocycles. The fourth-order valence-corrected chi connectivity index (χ4v) is 3.62. The van der Waals surface area contributed by atoms with E-state index < -0.39 is 0 Å². The smallest absolute Gasteiger partial charge is 0.277 e. The van der Waals surface area contributed by atoms with Gasteiger partial charge in [0.25, 0.3) is 5.22 Å². The Hall–Kier alpha value is -3.39. The zero-order chi connectivity index (χ0) is 20.2. The molecule has 1 aliphatic rings. The maximum absolute atomic E-state index is 12.5. The first-order chi connectivity index (χ1) is 14.1. The van der Waals surface area contributed by atoms with Gasteiger partial charge in [-0.1, -0.05) is 11.8 Å². The molecule has 1 amide bonds. The number of piperazine rings is 1. The molecule has 0 spiro atoms. The molecule has 3 aromatic rings. The summed E-state index contributed by atoms with van der Waals surface area (Å²) in [5.74, 6) is 1.53. The predicted octanol–water partition coefficient (Wildman–Crippen LogP) is 1.74. The van der Waals surface area contributed by atoms with E-state index in [2.05, 4.69) is 20.2 Å². The number of hydrogen-bond acceptors (Lipinski definition) is 10. The van der Waals surface area contributed by atoms with Gasteiger partial charge in [0.15, 0.2) is 5.89 Å². The van der Waals surface area contributed by atoms with Crippen molar-refractivity contribution < 1.29 is 13.6 Å². The van der Waals surface area contributed by atoms with E-state index in [1.807, 2.05) is 11.0 Å². The molecule has 1 saturated heterocycles. The Morgan fingerprint density at radius 3 is 2.69 bits per heavy atom. The van der Waals surface area contributed by atoms with Crippen LogP contribution in [-0.2, 0) is 4.79 Å². The van der Waals surface area contributed by atoms with Crippen LogP contribution < -0.4 is 4.90 Å². The maximum Gasteiger partial charge on any atom is 0.277 e. The molecule has 0 unspecified atom stereocenters. The summed E-state index contributed by atoms with van der Waals surface area (Å²) in [6.07, 6.45) is 3.30. The molecular formula is C18H17N7O3S. The van der Waals surface area contributed by atoms with Gasteiger partial charge in [0.1, 0.15) is 6.07 Å². The van der Waals surface area contributed by atoms with Gasteiger partial charge in [-0.3, -0.25) is 9.78 Å². The summed E-state index contributed by atoms with van der Waals surface area (Å²) in [4.78, 5) is 24.3. The Morgan fingerprint density at radius 1 is 1.21 bits per heavy atom. The number of pyridine rings is 1. The first-order valence-electron chi connectivity index (χ1n) is 8.91. The van der Waals surface area contributed by atoms with E-state index in [1.54, 1.807) is 36.4 Å². The molecule has 0 radical (unpaired) electrons. The van der Waals surface area contributed by atoms with E-state index in [1.165, 1.54) is 11.8 Å². The summed E-state index contributed by atoms with van der Waals surface area (Å²) in [6, 6.07) is 5.60. The van der Waals surface area contributed by atoms with Crippen molar-refractivity contribution in [1.29, 1.82) is 5.26 Å². The van der Waals surface area contributed by atoms with Gasteiger partial charge in [0, 0.05) is 51.1 Å². The SMILES string of the molecule is Cc1nc(C#N)c(N2CCN(C(=O)CSc3nnc(-c4ccncc4)o3)CC2)o1. The van der Waals surface area contributed by atoms with E-state index in [4.69, 9.17) is 14.1 Å². The average molecular weight is 411 g/mol. The Kier molecular flexibility index (Phi) is 5.44. The van der Waals surface area contributed by atoms with Crippen LogP contribution in [-0.4, -0.2) is 62.9 Å². The molecule has 1 fully saturated rings. The third-order valence-electron chi connectivity index (χ3n) is 4.39. The normalized spacial score (nSPS) is 14.1. The fourth-order valence-electron chi connectivity index (χ4n) is 2.96. The molecule has 4 rings (SSSR count). The Bertz CT molecular complexity index is 1040. The first kappa shape index (κ1) is 18.9. The van der Waals surface area contributed by atoms with Crippen LogP contribution in [0.2, 0.25) is 0 Å². The lowest BCUT2D eigenvalue weighted by Gasteiger charge is -2.34. The summed E-state index contributed by atoms with van der Waals surface area (Å²) in [7, 11) is 0. The zero-order valence-corrected chi connectivity index (χ0v) is 16.4. The second-order valence-electron chi connectivity index (χ2n) is 6.26. The van der Waals surface area contributed by atoms with E-state index in [9.17, 15) is 4.79 Å². The molecule has 4 heterocycles. The molecule has 0 bridgehead atoms. The van der Waals surface area contributed by atoms with Crippen molar-refractivity contribution >= 4 is 23.6 Å². The number of thioether (sulfide) groups is 1. The number of nitrogens with zero attached hydrogens (tertiary/aromatic N) is 7. The number of carbonyl (C=O) groups excluding carboxylic acids is 1. The monoisotopic (exact) mass is 411 g/mol. The van der Waals surface area contributed by atoms with Crippen LogP contribution in [0.5, 0.6) is 0 Å². The van der Waals surface area contributed by atoms with E-state index in [0.29, 0.717) is 49.1 Å². The summed E-state index contributed by atoms with van der Waals surface area (Å²) in [5.41, 5.74) is 1.06.